The van der Waals surface area contributed by atoms with E-state index in [0.29, 0.717) is 17.0 Å². The highest BCUT2D eigenvalue weighted by Crippen LogP contribution is 2.20. The molecule has 138 valence electrons. The van der Waals surface area contributed by atoms with Crippen molar-refractivity contribution in [2.75, 3.05) is 0 Å². The summed E-state index contributed by atoms with van der Waals surface area (Å²) in [7, 11) is 0. The van der Waals surface area contributed by atoms with Crippen molar-refractivity contribution in [2.24, 2.45) is 5.10 Å². The molecule has 0 aliphatic heterocycles. The van der Waals surface area contributed by atoms with Crippen molar-refractivity contribution in [1.82, 2.24) is 14.9 Å². The second-order valence-electron chi connectivity index (χ2n) is 6.23. The summed E-state index contributed by atoms with van der Waals surface area (Å²) in [4.78, 5) is 10.8. The standard InChI is InChI=1S/C21H16N4O2S/c26-20(27)16-10-8-14(9-11-16)13-22-25-19(23-24-21(25)28)12-17-6-3-5-15-4-1-2-7-18(15)17/h1-11,13H,12H2,(H,24,28)(H,26,27)/p-1/b22-13-. The van der Waals surface area contributed by atoms with Gasteiger partial charge in [0.15, 0.2) is 5.82 Å². The topological polar surface area (TPSA) is 86.1 Å². The number of carbonyl (C=O) groups excluding carboxylic acids is 1. The minimum atomic E-state index is -1.21. The zero-order valence-corrected chi connectivity index (χ0v) is 15.5. The summed E-state index contributed by atoms with van der Waals surface area (Å²) in [5, 5.41) is 24.7. The number of nitrogens with zero attached hydrogens (tertiary/aromatic N) is 3. The van der Waals surface area contributed by atoms with Crippen LogP contribution in [-0.2, 0) is 6.42 Å². The molecule has 0 bridgehead atoms. The first-order chi connectivity index (χ1) is 13.6. The van der Waals surface area contributed by atoms with Gasteiger partial charge in [-0.25, -0.2) is 0 Å². The Bertz CT molecular complexity index is 1230. The number of hydrogen-bond donors (Lipinski definition) is 1. The van der Waals surface area contributed by atoms with Gasteiger partial charge in [0.1, 0.15) is 0 Å². The molecule has 0 saturated carbocycles. The molecule has 1 aromatic heterocycles. The van der Waals surface area contributed by atoms with E-state index in [4.69, 9.17) is 12.2 Å². The van der Waals surface area contributed by atoms with Crippen LogP contribution in [-0.4, -0.2) is 27.1 Å². The second kappa shape index (κ2) is 7.58. The van der Waals surface area contributed by atoms with Crippen LogP contribution >= 0.6 is 12.2 Å². The molecule has 0 fully saturated rings. The van der Waals surface area contributed by atoms with Gasteiger partial charge in [0.05, 0.1) is 12.2 Å². The fraction of sp³-hybridized carbons (Fsp3) is 0.0476. The number of rotatable bonds is 5. The maximum atomic E-state index is 10.8. The van der Waals surface area contributed by atoms with Gasteiger partial charge in [0, 0.05) is 6.42 Å². The van der Waals surface area contributed by atoms with Crippen molar-refractivity contribution in [2.45, 2.75) is 6.42 Å². The molecule has 0 aliphatic carbocycles. The molecule has 7 heteroatoms. The van der Waals surface area contributed by atoms with Gasteiger partial charge in [-0.1, -0.05) is 66.7 Å². The van der Waals surface area contributed by atoms with Gasteiger partial charge in [-0.15, -0.1) is 0 Å². The van der Waals surface area contributed by atoms with Crippen LogP contribution in [0, 0.1) is 4.77 Å². The summed E-state index contributed by atoms with van der Waals surface area (Å²) < 4.78 is 1.96. The Kier molecular flexibility index (Phi) is 4.82. The van der Waals surface area contributed by atoms with Gasteiger partial charge in [-0.3, -0.25) is 5.10 Å². The number of carboxylic acid groups (broad SMARTS) is 1. The molecular formula is C21H15N4O2S-. The minimum Gasteiger partial charge on any atom is -0.545 e. The van der Waals surface area contributed by atoms with E-state index in [1.807, 2.05) is 18.2 Å². The van der Waals surface area contributed by atoms with Crippen molar-refractivity contribution in [3.63, 3.8) is 0 Å². The number of aromatic nitrogens is 3. The lowest BCUT2D eigenvalue weighted by molar-refractivity contribution is -0.255. The molecule has 0 amide bonds. The van der Waals surface area contributed by atoms with E-state index in [1.165, 1.54) is 12.1 Å². The number of carbonyl (C=O) groups is 1. The Balaban J connectivity index is 1.64. The van der Waals surface area contributed by atoms with Crippen LogP contribution in [0.4, 0.5) is 0 Å². The Hall–Kier alpha value is -3.58. The van der Waals surface area contributed by atoms with Crippen LogP contribution in [0.25, 0.3) is 10.8 Å². The largest absolute Gasteiger partial charge is 0.545 e. The summed E-state index contributed by atoms with van der Waals surface area (Å²) >= 11 is 5.30. The van der Waals surface area contributed by atoms with E-state index < -0.39 is 5.97 Å². The molecule has 0 atom stereocenters. The van der Waals surface area contributed by atoms with E-state index in [9.17, 15) is 9.90 Å². The molecule has 4 rings (SSSR count). The predicted octanol–water partition coefficient (Wildman–Crippen LogP) is 2.93. The molecule has 1 heterocycles. The summed E-state index contributed by atoms with van der Waals surface area (Å²) in [5.74, 6) is -0.526. The van der Waals surface area contributed by atoms with Gasteiger partial charge in [0.2, 0.25) is 4.77 Å². The Morgan fingerprint density at radius 2 is 1.86 bits per heavy atom. The molecular weight excluding hydrogens is 372 g/mol. The first-order valence-corrected chi connectivity index (χ1v) is 9.01. The van der Waals surface area contributed by atoms with Gasteiger partial charge < -0.3 is 9.90 Å². The lowest BCUT2D eigenvalue weighted by atomic mass is 10.0. The molecule has 1 N–H and O–H groups in total. The highest BCUT2D eigenvalue weighted by molar-refractivity contribution is 7.71. The zero-order valence-electron chi connectivity index (χ0n) is 14.7. The van der Waals surface area contributed by atoms with Crippen molar-refractivity contribution in [1.29, 1.82) is 0 Å². The van der Waals surface area contributed by atoms with E-state index >= 15 is 0 Å². The fourth-order valence-electron chi connectivity index (χ4n) is 3.00. The van der Waals surface area contributed by atoms with Crippen LogP contribution in [0.1, 0.15) is 27.3 Å². The first kappa shape index (κ1) is 17.8. The van der Waals surface area contributed by atoms with Crippen LogP contribution < -0.4 is 5.11 Å². The van der Waals surface area contributed by atoms with Crippen LogP contribution in [0.2, 0.25) is 0 Å². The van der Waals surface area contributed by atoms with Gasteiger partial charge in [-0.05, 0) is 39.7 Å². The number of aromatic carboxylic acids is 1. The minimum absolute atomic E-state index is 0.119. The summed E-state index contributed by atoms with van der Waals surface area (Å²) in [6, 6.07) is 20.6. The molecule has 6 nitrogen and oxygen atoms in total. The number of aromatic amines is 1. The number of carboxylic acids is 1. The van der Waals surface area contributed by atoms with Gasteiger partial charge in [-0.2, -0.15) is 14.9 Å². The molecule has 0 aliphatic rings. The number of fused-ring (bicyclic) bond motifs is 1. The summed E-state index contributed by atoms with van der Waals surface area (Å²) in [5.41, 5.74) is 1.99. The molecule has 0 spiro atoms. The third-order valence-electron chi connectivity index (χ3n) is 4.41. The first-order valence-electron chi connectivity index (χ1n) is 8.60. The lowest BCUT2D eigenvalue weighted by Crippen LogP contribution is -2.21. The number of benzene rings is 3. The Morgan fingerprint density at radius 1 is 1.11 bits per heavy atom. The second-order valence-corrected chi connectivity index (χ2v) is 6.61. The van der Waals surface area contributed by atoms with Gasteiger partial charge >= 0.3 is 0 Å². The van der Waals surface area contributed by atoms with Crippen LogP contribution in [0.5, 0.6) is 0 Å². The van der Waals surface area contributed by atoms with Gasteiger partial charge in [0.25, 0.3) is 0 Å². The summed E-state index contributed by atoms with van der Waals surface area (Å²) in [6.45, 7) is 0. The quantitative estimate of drug-likeness (QED) is 0.421. The Morgan fingerprint density at radius 3 is 2.64 bits per heavy atom. The van der Waals surface area contributed by atoms with Crippen LogP contribution in [0.3, 0.4) is 0 Å². The highest BCUT2D eigenvalue weighted by atomic mass is 32.1. The molecule has 4 aromatic rings. The SMILES string of the molecule is O=C([O-])c1ccc(/C=N\n2c(Cc3cccc4ccccc34)n[nH]c2=S)cc1. The maximum absolute atomic E-state index is 10.8. The number of nitrogens with one attached hydrogen (secondary N) is 1. The molecule has 0 saturated heterocycles. The lowest BCUT2D eigenvalue weighted by Gasteiger charge is -2.06. The molecule has 0 radical (unpaired) electrons. The summed E-state index contributed by atoms with van der Waals surface area (Å²) in [6.07, 6.45) is 2.17. The van der Waals surface area contributed by atoms with Crippen molar-refractivity contribution in [3.8, 4) is 0 Å². The monoisotopic (exact) mass is 387 g/mol. The third-order valence-corrected chi connectivity index (χ3v) is 4.68. The van der Waals surface area contributed by atoms with E-state index in [-0.39, 0.29) is 5.56 Å². The van der Waals surface area contributed by atoms with E-state index in [2.05, 4.69) is 39.6 Å². The average Bonchev–Trinajstić information content (AvgIpc) is 3.06. The van der Waals surface area contributed by atoms with Crippen molar-refractivity contribution >= 4 is 35.2 Å². The third kappa shape index (κ3) is 3.60. The van der Waals surface area contributed by atoms with E-state index in [1.54, 1.807) is 23.0 Å². The molecule has 0 unspecified atom stereocenters. The number of hydrogen-bond acceptors (Lipinski definition) is 5. The Labute approximate surface area is 165 Å². The van der Waals surface area contributed by atoms with Crippen LogP contribution in [0.15, 0.2) is 71.8 Å². The normalized spacial score (nSPS) is 11.3. The maximum Gasteiger partial charge on any atom is 0.216 e. The number of H-pyrrole nitrogens is 1. The zero-order chi connectivity index (χ0) is 19.5. The highest BCUT2D eigenvalue weighted by Gasteiger charge is 2.09. The van der Waals surface area contributed by atoms with Crippen molar-refractivity contribution in [3.05, 3.63) is 94.0 Å². The molecule has 28 heavy (non-hydrogen) atoms. The fourth-order valence-corrected chi connectivity index (χ4v) is 3.20. The van der Waals surface area contributed by atoms with E-state index in [0.717, 1.165) is 21.9 Å². The molecule has 3 aromatic carbocycles. The van der Waals surface area contributed by atoms with Crippen molar-refractivity contribution < 1.29 is 9.90 Å². The smallest absolute Gasteiger partial charge is 0.216 e. The predicted molar refractivity (Wildman–Crippen MR) is 108 cm³/mol. The average molecular weight is 387 g/mol.